The minimum absolute atomic E-state index is 0.156. The third-order valence-corrected chi connectivity index (χ3v) is 7.44. The number of rotatable bonds is 8. The Hall–Kier alpha value is -2.25. The second kappa shape index (κ2) is 9.09. The van der Waals surface area contributed by atoms with E-state index in [1.165, 1.54) is 0 Å². The molecule has 0 amide bonds. The molecule has 1 saturated carbocycles. The lowest BCUT2D eigenvalue weighted by molar-refractivity contribution is -0.128. The SMILES string of the molecule is C#CCCC(=O)CCCCC(O)c1ccc2c(c1)C(=O)C(=O)[C@@H]1C(C)(C)CCC[C@]21C. The van der Waals surface area contributed by atoms with E-state index in [0.717, 1.165) is 24.8 Å². The Morgan fingerprint density at radius 2 is 1.94 bits per heavy atom. The maximum absolute atomic E-state index is 13.1. The van der Waals surface area contributed by atoms with Gasteiger partial charge in [0.05, 0.1) is 6.10 Å². The third-order valence-electron chi connectivity index (χ3n) is 7.44. The van der Waals surface area contributed by atoms with Crippen LogP contribution >= 0.6 is 0 Å². The van der Waals surface area contributed by atoms with Crippen molar-refractivity contribution in [1.82, 2.24) is 0 Å². The average molecular weight is 423 g/mol. The Kier molecular flexibility index (Phi) is 6.86. The third kappa shape index (κ3) is 4.53. The van der Waals surface area contributed by atoms with Crippen LogP contribution in [0.3, 0.4) is 0 Å². The predicted molar refractivity (Wildman–Crippen MR) is 121 cm³/mol. The van der Waals surface area contributed by atoms with Crippen molar-refractivity contribution in [3.8, 4) is 12.3 Å². The van der Waals surface area contributed by atoms with Crippen LogP contribution in [-0.4, -0.2) is 22.5 Å². The molecule has 31 heavy (non-hydrogen) atoms. The number of carbonyl (C=O) groups excluding carboxylic acids is 3. The summed E-state index contributed by atoms with van der Waals surface area (Å²) >= 11 is 0. The van der Waals surface area contributed by atoms with Gasteiger partial charge in [0, 0.05) is 36.2 Å². The first kappa shape index (κ1) is 23.4. The van der Waals surface area contributed by atoms with E-state index in [0.29, 0.717) is 49.7 Å². The van der Waals surface area contributed by atoms with E-state index in [1.807, 2.05) is 12.1 Å². The molecule has 3 rings (SSSR count). The summed E-state index contributed by atoms with van der Waals surface area (Å²) in [5.41, 5.74) is 1.53. The van der Waals surface area contributed by atoms with E-state index in [1.54, 1.807) is 6.07 Å². The highest BCUT2D eigenvalue weighted by molar-refractivity contribution is 6.46. The Labute approximate surface area is 185 Å². The molecule has 166 valence electrons. The number of unbranched alkanes of at least 4 members (excludes halogenated alkanes) is 1. The summed E-state index contributed by atoms with van der Waals surface area (Å²) in [5.74, 6) is 1.64. The van der Waals surface area contributed by atoms with Crippen LogP contribution in [0.25, 0.3) is 0 Å². The summed E-state index contributed by atoms with van der Waals surface area (Å²) in [5, 5.41) is 10.7. The molecule has 3 atom stereocenters. The van der Waals surface area contributed by atoms with Gasteiger partial charge in [0.15, 0.2) is 0 Å². The lowest BCUT2D eigenvalue weighted by Gasteiger charge is -2.52. The fraction of sp³-hybridized carbons (Fsp3) is 0.593. The van der Waals surface area contributed by atoms with Crippen LogP contribution in [0.2, 0.25) is 0 Å². The molecule has 2 aliphatic carbocycles. The molecule has 1 unspecified atom stereocenters. The van der Waals surface area contributed by atoms with E-state index in [-0.39, 0.29) is 28.3 Å². The molecule has 4 nitrogen and oxygen atoms in total. The maximum atomic E-state index is 13.1. The molecule has 1 fully saturated rings. The second-order valence-corrected chi connectivity index (χ2v) is 10.2. The largest absolute Gasteiger partial charge is 0.388 e. The number of Topliss-reactive ketones (excluding diaryl/α,β-unsaturated/α-hetero) is 3. The predicted octanol–water partition coefficient (Wildman–Crippen LogP) is 5.11. The number of terminal acetylenes is 1. The molecule has 0 heterocycles. The number of hydrogen-bond acceptors (Lipinski definition) is 4. The summed E-state index contributed by atoms with van der Waals surface area (Å²) in [4.78, 5) is 37.8. The summed E-state index contributed by atoms with van der Waals surface area (Å²) in [6.07, 6.45) is 10.6. The number of aliphatic hydroxyl groups is 1. The van der Waals surface area contributed by atoms with Crippen LogP contribution in [0.15, 0.2) is 18.2 Å². The normalized spacial score (nSPS) is 25.3. The number of hydrogen-bond donors (Lipinski definition) is 1. The number of aliphatic hydroxyl groups excluding tert-OH is 1. The standard InChI is InChI=1S/C27H34O4/c1-5-6-10-19(28)11-7-8-12-22(29)18-13-14-21-20(17-18)23(30)24(31)25-26(2,3)15-9-16-27(21,25)4/h1,13-14,17,22,25,29H,6-12,15-16H2,2-4H3/t22?,25-,27-/m1/s1. The molecule has 0 aliphatic heterocycles. The minimum atomic E-state index is -0.720. The van der Waals surface area contributed by atoms with Crippen LogP contribution < -0.4 is 0 Å². The molecular weight excluding hydrogens is 388 g/mol. The first-order valence-corrected chi connectivity index (χ1v) is 11.5. The molecule has 0 saturated heterocycles. The van der Waals surface area contributed by atoms with Crippen LogP contribution in [0.1, 0.15) is 106 Å². The second-order valence-electron chi connectivity index (χ2n) is 10.2. The molecule has 0 aromatic heterocycles. The van der Waals surface area contributed by atoms with Crippen molar-refractivity contribution in [2.75, 3.05) is 0 Å². The van der Waals surface area contributed by atoms with Gasteiger partial charge >= 0.3 is 0 Å². The van der Waals surface area contributed by atoms with Crippen LogP contribution in [-0.2, 0) is 15.0 Å². The first-order chi connectivity index (χ1) is 14.6. The van der Waals surface area contributed by atoms with Crippen LogP contribution in [0.5, 0.6) is 0 Å². The number of fused-ring (bicyclic) bond motifs is 3. The molecule has 1 aromatic rings. The summed E-state index contributed by atoms with van der Waals surface area (Å²) in [6, 6.07) is 5.58. The van der Waals surface area contributed by atoms with E-state index >= 15 is 0 Å². The molecule has 0 bridgehead atoms. The van der Waals surface area contributed by atoms with Gasteiger partial charge in [-0.1, -0.05) is 45.7 Å². The topological polar surface area (TPSA) is 71.4 Å². The molecule has 4 heteroatoms. The molecule has 2 aliphatic rings. The van der Waals surface area contributed by atoms with Gasteiger partial charge in [-0.15, -0.1) is 12.3 Å². The molecular formula is C27H34O4. The minimum Gasteiger partial charge on any atom is -0.388 e. The smallest absolute Gasteiger partial charge is 0.229 e. The van der Waals surface area contributed by atoms with Crippen molar-refractivity contribution in [1.29, 1.82) is 0 Å². The average Bonchev–Trinajstić information content (AvgIpc) is 2.72. The van der Waals surface area contributed by atoms with Gasteiger partial charge < -0.3 is 5.11 Å². The molecule has 0 radical (unpaired) electrons. The Morgan fingerprint density at radius 1 is 1.19 bits per heavy atom. The van der Waals surface area contributed by atoms with Gasteiger partial charge in [-0.05, 0) is 48.3 Å². The first-order valence-electron chi connectivity index (χ1n) is 11.5. The highest BCUT2D eigenvalue weighted by Crippen LogP contribution is 2.55. The van der Waals surface area contributed by atoms with Crippen molar-refractivity contribution in [3.63, 3.8) is 0 Å². The number of ketones is 3. The highest BCUT2D eigenvalue weighted by Gasteiger charge is 2.56. The van der Waals surface area contributed by atoms with Crippen molar-refractivity contribution >= 4 is 17.3 Å². The van der Waals surface area contributed by atoms with Gasteiger partial charge in [0.2, 0.25) is 11.6 Å². The van der Waals surface area contributed by atoms with Crippen molar-refractivity contribution in [3.05, 3.63) is 34.9 Å². The zero-order valence-electron chi connectivity index (χ0n) is 19.0. The lowest BCUT2D eigenvalue weighted by atomic mass is 9.49. The van der Waals surface area contributed by atoms with Crippen LogP contribution in [0.4, 0.5) is 0 Å². The summed E-state index contributed by atoms with van der Waals surface area (Å²) in [7, 11) is 0. The van der Waals surface area contributed by atoms with Gasteiger partial charge in [-0.2, -0.15) is 0 Å². The van der Waals surface area contributed by atoms with E-state index < -0.39 is 11.9 Å². The summed E-state index contributed by atoms with van der Waals surface area (Å²) in [6.45, 7) is 6.32. The van der Waals surface area contributed by atoms with Crippen molar-refractivity contribution < 1.29 is 19.5 Å². The van der Waals surface area contributed by atoms with E-state index in [2.05, 4.69) is 26.7 Å². The number of benzene rings is 1. The monoisotopic (exact) mass is 422 g/mol. The highest BCUT2D eigenvalue weighted by atomic mass is 16.3. The fourth-order valence-electron chi connectivity index (χ4n) is 5.88. The fourth-order valence-corrected chi connectivity index (χ4v) is 5.88. The Morgan fingerprint density at radius 3 is 2.65 bits per heavy atom. The number of carbonyl (C=O) groups is 3. The van der Waals surface area contributed by atoms with Gasteiger partial charge in [0.25, 0.3) is 0 Å². The summed E-state index contributed by atoms with van der Waals surface area (Å²) < 4.78 is 0. The zero-order valence-corrected chi connectivity index (χ0v) is 19.0. The maximum Gasteiger partial charge on any atom is 0.229 e. The van der Waals surface area contributed by atoms with E-state index in [9.17, 15) is 19.5 Å². The molecule has 1 aromatic carbocycles. The van der Waals surface area contributed by atoms with Gasteiger partial charge in [-0.3, -0.25) is 14.4 Å². The molecule has 0 spiro atoms. The van der Waals surface area contributed by atoms with Gasteiger partial charge in [0.1, 0.15) is 5.78 Å². The molecule has 1 N–H and O–H groups in total. The Bertz CT molecular complexity index is 920. The van der Waals surface area contributed by atoms with Gasteiger partial charge in [-0.25, -0.2) is 0 Å². The zero-order chi connectivity index (χ0) is 22.8. The lowest BCUT2D eigenvalue weighted by Crippen LogP contribution is -2.54. The van der Waals surface area contributed by atoms with Crippen LogP contribution in [0, 0.1) is 23.7 Å². The quantitative estimate of drug-likeness (QED) is 0.359. The Balaban J connectivity index is 1.73. The van der Waals surface area contributed by atoms with Crippen molar-refractivity contribution in [2.24, 2.45) is 11.3 Å². The van der Waals surface area contributed by atoms with E-state index in [4.69, 9.17) is 6.42 Å². The van der Waals surface area contributed by atoms with Crippen molar-refractivity contribution in [2.45, 2.75) is 90.1 Å².